The summed E-state index contributed by atoms with van der Waals surface area (Å²) in [4.78, 5) is 9.24. The summed E-state index contributed by atoms with van der Waals surface area (Å²) in [6.07, 6.45) is 5.74. The highest BCUT2D eigenvalue weighted by molar-refractivity contribution is 14.1. The van der Waals surface area contributed by atoms with Crippen LogP contribution in [0.3, 0.4) is 0 Å². The Morgan fingerprint density at radius 1 is 1.33 bits per heavy atom. The predicted octanol–water partition coefficient (Wildman–Crippen LogP) is 2.96. The molecule has 4 nitrogen and oxygen atoms in total. The second-order valence-electron chi connectivity index (χ2n) is 5.44. The van der Waals surface area contributed by atoms with Crippen LogP contribution in [0.5, 0.6) is 0 Å². The van der Waals surface area contributed by atoms with Crippen LogP contribution in [0.4, 0.5) is 5.82 Å². The Morgan fingerprint density at radius 3 is 2.72 bits per heavy atom. The molecule has 1 saturated heterocycles. The fourth-order valence-electron chi connectivity index (χ4n) is 2.46. The van der Waals surface area contributed by atoms with Gasteiger partial charge in [0.25, 0.3) is 0 Å². The van der Waals surface area contributed by atoms with Gasteiger partial charge in [0, 0.05) is 12.5 Å². The van der Waals surface area contributed by atoms with E-state index in [0.29, 0.717) is 11.7 Å². The molecule has 1 aliphatic carbocycles. The lowest BCUT2D eigenvalue weighted by Gasteiger charge is -2.32. The molecule has 1 aliphatic heterocycles. The van der Waals surface area contributed by atoms with Gasteiger partial charge in [-0.2, -0.15) is 0 Å². The summed E-state index contributed by atoms with van der Waals surface area (Å²) in [5.74, 6) is 1.98. The third-order valence-electron chi connectivity index (χ3n) is 3.81. The van der Waals surface area contributed by atoms with Gasteiger partial charge in [-0.15, -0.1) is 0 Å². The molecule has 0 aromatic carbocycles. The molecule has 2 heterocycles. The third-order valence-corrected chi connectivity index (χ3v) is 4.91. The Morgan fingerprint density at radius 2 is 2.11 bits per heavy atom. The van der Waals surface area contributed by atoms with Gasteiger partial charge in [-0.25, -0.2) is 9.97 Å². The Hall–Kier alpha value is -0.430. The second kappa shape index (κ2) is 4.59. The van der Waals surface area contributed by atoms with Gasteiger partial charge in [0.05, 0.1) is 9.26 Å². The van der Waals surface area contributed by atoms with Crippen LogP contribution in [0.2, 0.25) is 0 Å². The molecule has 3 rings (SSSR count). The predicted molar refractivity (Wildman–Crippen MR) is 78.3 cm³/mol. The summed E-state index contributed by atoms with van der Waals surface area (Å²) in [5.41, 5.74) is 6.82. The van der Waals surface area contributed by atoms with Crippen LogP contribution in [0.1, 0.15) is 56.5 Å². The molecule has 1 atom stereocenters. The molecule has 1 aromatic heterocycles. The van der Waals surface area contributed by atoms with E-state index in [4.69, 9.17) is 15.5 Å². The summed E-state index contributed by atoms with van der Waals surface area (Å²) < 4.78 is 6.94. The van der Waals surface area contributed by atoms with Crippen molar-refractivity contribution in [1.29, 1.82) is 0 Å². The highest BCUT2D eigenvalue weighted by Gasteiger charge is 2.36. The minimum atomic E-state index is -0.347. The van der Waals surface area contributed by atoms with Crippen molar-refractivity contribution in [3.05, 3.63) is 15.1 Å². The number of nitrogens with two attached hydrogens (primary N) is 1. The number of hydrogen-bond acceptors (Lipinski definition) is 4. The highest BCUT2D eigenvalue weighted by Crippen LogP contribution is 2.43. The van der Waals surface area contributed by atoms with Gasteiger partial charge in [-0.1, -0.05) is 0 Å². The summed E-state index contributed by atoms with van der Waals surface area (Å²) in [7, 11) is 0. The molecule has 0 amide bonds. The molecular formula is C13H18IN3O. The maximum absolute atomic E-state index is 6.04. The van der Waals surface area contributed by atoms with E-state index in [1.807, 2.05) is 0 Å². The van der Waals surface area contributed by atoms with Gasteiger partial charge in [-0.05, 0) is 61.6 Å². The summed E-state index contributed by atoms with van der Waals surface area (Å²) in [6, 6.07) is 0. The van der Waals surface area contributed by atoms with Crippen LogP contribution in [-0.2, 0) is 10.3 Å². The maximum atomic E-state index is 6.04. The quantitative estimate of drug-likeness (QED) is 0.825. The molecule has 1 saturated carbocycles. The molecule has 2 fully saturated rings. The van der Waals surface area contributed by atoms with Gasteiger partial charge in [0.2, 0.25) is 0 Å². The van der Waals surface area contributed by atoms with Gasteiger partial charge >= 0.3 is 0 Å². The molecule has 0 spiro atoms. The standard InChI is InChI=1S/C13H18IN3O/c1-13(6-2-3-7-18-13)12-16-10(8-4-5-8)9(14)11(15)17-12/h8H,2-7H2,1H3,(H2,15,16,17). The van der Waals surface area contributed by atoms with Crippen molar-refractivity contribution in [2.24, 2.45) is 0 Å². The molecule has 2 N–H and O–H groups in total. The SMILES string of the molecule is CC1(c2nc(N)c(I)c(C3CC3)n2)CCCCO1. The monoisotopic (exact) mass is 359 g/mol. The van der Waals surface area contributed by atoms with Crippen LogP contribution >= 0.6 is 22.6 Å². The van der Waals surface area contributed by atoms with E-state index >= 15 is 0 Å². The first-order chi connectivity index (χ1) is 8.60. The third kappa shape index (κ3) is 2.22. The number of rotatable bonds is 2. The van der Waals surface area contributed by atoms with E-state index in [1.54, 1.807) is 0 Å². The van der Waals surface area contributed by atoms with Crippen molar-refractivity contribution < 1.29 is 4.74 Å². The van der Waals surface area contributed by atoms with Crippen molar-refractivity contribution in [3.63, 3.8) is 0 Å². The minimum absolute atomic E-state index is 0.347. The fourth-order valence-corrected chi connectivity index (χ4v) is 3.14. The molecule has 5 heteroatoms. The molecular weight excluding hydrogens is 341 g/mol. The van der Waals surface area contributed by atoms with Crippen LogP contribution in [0.25, 0.3) is 0 Å². The largest absolute Gasteiger partial charge is 0.383 e. The average molecular weight is 359 g/mol. The number of nitrogens with zero attached hydrogens (tertiary/aromatic N) is 2. The number of ether oxygens (including phenoxy) is 1. The van der Waals surface area contributed by atoms with E-state index in [0.717, 1.165) is 34.5 Å². The first-order valence-corrected chi connectivity index (χ1v) is 7.65. The molecule has 98 valence electrons. The van der Waals surface area contributed by atoms with Gasteiger partial charge in [-0.3, -0.25) is 0 Å². The molecule has 0 bridgehead atoms. The molecule has 2 aliphatic rings. The Balaban J connectivity index is 2.01. The molecule has 18 heavy (non-hydrogen) atoms. The van der Waals surface area contributed by atoms with Crippen molar-refractivity contribution in [3.8, 4) is 0 Å². The molecule has 1 aromatic rings. The molecule has 1 unspecified atom stereocenters. The first kappa shape index (κ1) is 12.6. The van der Waals surface area contributed by atoms with E-state index in [1.165, 1.54) is 19.3 Å². The van der Waals surface area contributed by atoms with Crippen LogP contribution in [0, 0.1) is 3.57 Å². The van der Waals surface area contributed by atoms with Crippen LogP contribution < -0.4 is 5.73 Å². The minimum Gasteiger partial charge on any atom is -0.383 e. The van der Waals surface area contributed by atoms with E-state index in [2.05, 4.69) is 34.5 Å². The Labute approximate surface area is 121 Å². The van der Waals surface area contributed by atoms with Crippen LogP contribution in [-0.4, -0.2) is 16.6 Å². The Bertz CT molecular complexity index is 468. The lowest BCUT2D eigenvalue weighted by atomic mass is 9.95. The molecule has 0 radical (unpaired) electrons. The van der Waals surface area contributed by atoms with Crippen LogP contribution in [0.15, 0.2) is 0 Å². The summed E-state index contributed by atoms with van der Waals surface area (Å²) in [6.45, 7) is 2.88. The van der Waals surface area contributed by atoms with Gasteiger partial charge in [0.1, 0.15) is 11.4 Å². The van der Waals surface area contributed by atoms with Crippen molar-refractivity contribution in [1.82, 2.24) is 9.97 Å². The van der Waals surface area contributed by atoms with E-state index in [-0.39, 0.29) is 5.60 Å². The number of anilines is 1. The average Bonchev–Trinajstić information content (AvgIpc) is 3.17. The van der Waals surface area contributed by atoms with Crippen molar-refractivity contribution >= 4 is 28.4 Å². The maximum Gasteiger partial charge on any atom is 0.162 e. The summed E-state index contributed by atoms with van der Waals surface area (Å²) >= 11 is 2.26. The lowest BCUT2D eigenvalue weighted by molar-refractivity contribution is -0.0761. The first-order valence-electron chi connectivity index (χ1n) is 6.57. The van der Waals surface area contributed by atoms with Gasteiger partial charge < -0.3 is 10.5 Å². The zero-order chi connectivity index (χ0) is 12.8. The number of halogens is 1. The second-order valence-corrected chi connectivity index (χ2v) is 6.52. The van der Waals surface area contributed by atoms with Crippen molar-refractivity contribution in [2.45, 2.75) is 50.5 Å². The van der Waals surface area contributed by atoms with E-state index in [9.17, 15) is 0 Å². The zero-order valence-corrected chi connectivity index (χ0v) is 12.7. The lowest BCUT2D eigenvalue weighted by Crippen LogP contribution is -2.33. The number of aromatic nitrogens is 2. The van der Waals surface area contributed by atoms with Gasteiger partial charge in [0.15, 0.2) is 5.82 Å². The normalized spacial score (nSPS) is 28.3. The number of nitrogen functional groups attached to an aromatic ring is 1. The number of hydrogen-bond donors (Lipinski definition) is 1. The van der Waals surface area contributed by atoms with E-state index < -0.39 is 0 Å². The smallest absolute Gasteiger partial charge is 0.162 e. The topological polar surface area (TPSA) is 61.0 Å². The Kier molecular flexibility index (Phi) is 3.21. The van der Waals surface area contributed by atoms with Crippen molar-refractivity contribution in [2.75, 3.05) is 12.3 Å². The summed E-state index contributed by atoms with van der Waals surface area (Å²) in [5, 5.41) is 0. The highest BCUT2D eigenvalue weighted by atomic mass is 127. The zero-order valence-electron chi connectivity index (χ0n) is 10.6. The fraction of sp³-hybridized carbons (Fsp3) is 0.692.